The van der Waals surface area contributed by atoms with Crippen molar-refractivity contribution in [3.8, 4) is 0 Å². The van der Waals surface area contributed by atoms with Crippen LogP contribution >= 0.6 is 23.2 Å². The summed E-state index contributed by atoms with van der Waals surface area (Å²) in [6.07, 6.45) is 8.35. The smallest absolute Gasteiger partial charge is 0.0737 e. The highest BCUT2D eigenvalue weighted by Gasteiger charge is 2.26. The van der Waals surface area contributed by atoms with Crippen molar-refractivity contribution in [3.63, 3.8) is 0 Å². The van der Waals surface area contributed by atoms with E-state index in [9.17, 15) is 0 Å². The first-order valence-electron chi connectivity index (χ1n) is 10.3. The Balaban J connectivity index is 1.44. The topological polar surface area (TPSA) is 49.8 Å². The van der Waals surface area contributed by atoms with Crippen molar-refractivity contribution in [1.29, 1.82) is 0 Å². The lowest BCUT2D eigenvalue weighted by molar-refractivity contribution is 0.424. The zero-order valence-corrected chi connectivity index (χ0v) is 17.9. The summed E-state index contributed by atoms with van der Waals surface area (Å²) in [5, 5.41) is 11.2. The highest BCUT2D eigenvalue weighted by molar-refractivity contribution is 6.31. The Bertz CT molecular complexity index is 1120. The van der Waals surface area contributed by atoms with Gasteiger partial charge in [-0.2, -0.15) is 0 Å². The van der Waals surface area contributed by atoms with E-state index in [2.05, 4.69) is 20.6 Å². The second-order valence-electron chi connectivity index (χ2n) is 7.83. The maximum Gasteiger partial charge on any atom is 0.0737 e. The van der Waals surface area contributed by atoms with Gasteiger partial charge in [-0.15, -0.1) is 0 Å². The third kappa shape index (κ3) is 3.90. The van der Waals surface area contributed by atoms with E-state index >= 15 is 0 Å². The van der Waals surface area contributed by atoms with Crippen LogP contribution in [0.3, 0.4) is 0 Å². The van der Waals surface area contributed by atoms with Crippen molar-refractivity contribution >= 4 is 56.4 Å². The Kier molecular flexibility index (Phi) is 5.36. The minimum absolute atomic E-state index is 0.315. The molecular formula is C24H22Cl2N4. The first-order valence-corrected chi connectivity index (χ1v) is 11.0. The molecule has 1 fully saturated rings. The number of nitrogens with one attached hydrogen (secondary N) is 2. The van der Waals surface area contributed by atoms with Gasteiger partial charge in [-0.05, 0) is 61.4 Å². The molecule has 2 aromatic heterocycles. The van der Waals surface area contributed by atoms with Crippen LogP contribution in [0.15, 0.2) is 60.9 Å². The average molecular weight is 437 g/mol. The van der Waals surface area contributed by atoms with Gasteiger partial charge in [0.15, 0.2) is 0 Å². The van der Waals surface area contributed by atoms with Gasteiger partial charge in [0.2, 0.25) is 0 Å². The van der Waals surface area contributed by atoms with Crippen LogP contribution in [-0.2, 0) is 0 Å². The standard InChI is InChI=1S/C24H22Cl2N4/c25-15-5-7-17-19(9-11-27-23(17)13-15)29-21-3-1-2-4-22(21)30-20-10-12-28-24-14-16(26)6-8-18(20)24/h5-14,21-22H,1-4H2,(H,27,29)(H,28,30)/t21-,22+. The maximum absolute atomic E-state index is 6.15. The van der Waals surface area contributed by atoms with Gasteiger partial charge in [0, 0.05) is 56.7 Å². The normalized spacial score (nSPS) is 19.1. The molecule has 2 aromatic carbocycles. The summed E-state index contributed by atoms with van der Waals surface area (Å²) in [6.45, 7) is 0. The molecule has 5 rings (SSSR count). The number of aromatic nitrogens is 2. The quantitative estimate of drug-likeness (QED) is 0.364. The highest BCUT2D eigenvalue weighted by Crippen LogP contribution is 2.31. The molecule has 1 aliphatic carbocycles. The monoisotopic (exact) mass is 436 g/mol. The molecular weight excluding hydrogens is 415 g/mol. The van der Waals surface area contributed by atoms with Crippen LogP contribution in [0.5, 0.6) is 0 Å². The summed E-state index contributed by atoms with van der Waals surface area (Å²) < 4.78 is 0. The summed E-state index contributed by atoms with van der Waals surface area (Å²) in [4.78, 5) is 8.93. The molecule has 0 unspecified atom stereocenters. The number of anilines is 2. The summed E-state index contributed by atoms with van der Waals surface area (Å²) in [5.74, 6) is 0. The minimum Gasteiger partial charge on any atom is -0.380 e. The molecule has 0 bridgehead atoms. The van der Waals surface area contributed by atoms with Crippen molar-refractivity contribution in [1.82, 2.24) is 9.97 Å². The molecule has 1 aliphatic rings. The average Bonchev–Trinajstić information content (AvgIpc) is 2.75. The van der Waals surface area contributed by atoms with Crippen molar-refractivity contribution < 1.29 is 0 Å². The third-order valence-electron chi connectivity index (χ3n) is 5.86. The Hall–Kier alpha value is -2.56. The van der Waals surface area contributed by atoms with Gasteiger partial charge in [0.25, 0.3) is 0 Å². The molecule has 0 amide bonds. The van der Waals surface area contributed by atoms with Gasteiger partial charge in [-0.3, -0.25) is 9.97 Å². The van der Waals surface area contributed by atoms with Crippen LogP contribution in [0.4, 0.5) is 11.4 Å². The lowest BCUT2D eigenvalue weighted by Crippen LogP contribution is -2.41. The fourth-order valence-corrected chi connectivity index (χ4v) is 4.70. The molecule has 0 saturated heterocycles. The first-order chi connectivity index (χ1) is 14.7. The molecule has 2 heterocycles. The fourth-order valence-electron chi connectivity index (χ4n) is 4.37. The number of rotatable bonds is 4. The molecule has 2 N–H and O–H groups in total. The van der Waals surface area contributed by atoms with Crippen LogP contribution in [0.2, 0.25) is 10.0 Å². The van der Waals surface area contributed by atoms with Crippen LogP contribution in [0.25, 0.3) is 21.8 Å². The largest absolute Gasteiger partial charge is 0.380 e. The summed E-state index contributed by atoms with van der Waals surface area (Å²) >= 11 is 12.3. The fraction of sp³-hybridized carbons (Fsp3) is 0.250. The highest BCUT2D eigenvalue weighted by atomic mass is 35.5. The number of hydrogen-bond donors (Lipinski definition) is 2. The van der Waals surface area contributed by atoms with Gasteiger partial charge in [0.1, 0.15) is 0 Å². The van der Waals surface area contributed by atoms with E-state index in [-0.39, 0.29) is 0 Å². The third-order valence-corrected chi connectivity index (χ3v) is 6.33. The van der Waals surface area contributed by atoms with Crippen molar-refractivity contribution in [2.24, 2.45) is 0 Å². The van der Waals surface area contributed by atoms with Crippen LogP contribution in [-0.4, -0.2) is 22.1 Å². The predicted octanol–water partition coefficient (Wildman–Crippen LogP) is 6.93. The van der Waals surface area contributed by atoms with Gasteiger partial charge < -0.3 is 10.6 Å². The Labute approximate surface area is 185 Å². The van der Waals surface area contributed by atoms with E-state index in [1.54, 1.807) is 0 Å². The van der Waals surface area contributed by atoms with Gasteiger partial charge >= 0.3 is 0 Å². The van der Waals surface area contributed by atoms with Crippen molar-refractivity contribution in [2.45, 2.75) is 37.8 Å². The maximum atomic E-state index is 6.15. The van der Waals surface area contributed by atoms with Gasteiger partial charge in [0.05, 0.1) is 11.0 Å². The second kappa shape index (κ2) is 8.29. The minimum atomic E-state index is 0.315. The number of fused-ring (bicyclic) bond motifs is 2. The SMILES string of the molecule is Clc1ccc2c(N[C@H]3CCCC[C@H]3Nc3ccnc4cc(Cl)ccc34)ccnc2c1. The molecule has 0 spiro atoms. The zero-order valence-electron chi connectivity index (χ0n) is 16.4. The van der Waals surface area contributed by atoms with Crippen molar-refractivity contribution in [2.75, 3.05) is 10.6 Å². The van der Waals surface area contributed by atoms with Crippen LogP contribution in [0.1, 0.15) is 25.7 Å². The second-order valence-corrected chi connectivity index (χ2v) is 8.70. The molecule has 152 valence electrons. The van der Waals surface area contributed by atoms with E-state index in [0.29, 0.717) is 22.1 Å². The van der Waals surface area contributed by atoms with E-state index in [0.717, 1.165) is 46.0 Å². The van der Waals surface area contributed by atoms with Crippen molar-refractivity contribution in [3.05, 3.63) is 71.0 Å². The lowest BCUT2D eigenvalue weighted by Gasteiger charge is -2.34. The van der Waals surface area contributed by atoms with E-state index in [1.807, 2.05) is 60.9 Å². The number of hydrogen-bond acceptors (Lipinski definition) is 4. The molecule has 0 radical (unpaired) electrons. The van der Waals surface area contributed by atoms with Gasteiger partial charge in [-0.25, -0.2) is 0 Å². The number of halogens is 2. The molecule has 0 aliphatic heterocycles. The summed E-state index contributed by atoms with van der Waals surface area (Å²) in [5.41, 5.74) is 4.01. The molecule has 2 atom stereocenters. The molecule has 6 heteroatoms. The molecule has 4 aromatic rings. The number of benzene rings is 2. The van der Waals surface area contributed by atoms with Crippen LogP contribution < -0.4 is 10.6 Å². The summed E-state index contributed by atoms with van der Waals surface area (Å²) in [6, 6.07) is 16.5. The molecule has 1 saturated carbocycles. The van der Waals surface area contributed by atoms with E-state index < -0.39 is 0 Å². The molecule has 4 nitrogen and oxygen atoms in total. The zero-order chi connectivity index (χ0) is 20.5. The first kappa shape index (κ1) is 19.4. The Morgan fingerprint density at radius 1 is 0.667 bits per heavy atom. The Morgan fingerprint density at radius 3 is 1.60 bits per heavy atom. The number of nitrogens with zero attached hydrogens (tertiary/aromatic N) is 2. The summed E-state index contributed by atoms with van der Waals surface area (Å²) in [7, 11) is 0. The van der Waals surface area contributed by atoms with Crippen LogP contribution in [0, 0.1) is 0 Å². The Morgan fingerprint density at radius 2 is 1.13 bits per heavy atom. The predicted molar refractivity (Wildman–Crippen MR) is 127 cm³/mol. The van der Waals surface area contributed by atoms with E-state index in [4.69, 9.17) is 23.2 Å². The number of pyridine rings is 2. The lowest BCUT2D eigenvalue weighted by atomic mass is 9.89. The van der Waals surface area contributed by atoms with E-state index in [1.165, 1.54) is 12.8 Å². The van der Waals surface area contributed by atoms with Gasteiger partial charge in [-0.1, -0.05) is 36.0 Å². The molecule has 30 heavy (non-hydrogen) atoms.